The largest absolute Gasteiger partial charge is 0.743 e. The first-order chi connectivity index (χ1) is 16.9. The van der Waals surface area contributed by atoms with Gasteiger partial charge >= 0.3 is 10.5 Å². The second kappa shape index (κ2) is 10.9. The zero-order valence-electron chi connectivity index (χ0n) is 18.3. The molecule has 2 N–H and O–H groups in total. The Kier molecular flexibility index (Phi) is 8.89. The molecule has 37 heavy (non-hydrogen) atoms. The molecule has 0 saturated carbocycles. The normalized spacial score (nSPS) is 13.1. The Balaban J connectivity index is 1.70. The van der Waals surface area contributed by atoms with Crippen LogP contribution in [0.5, 0.6) is 0 Å². The molecule has 0 spiro atoms. The molecule has 3 aromatic carbocycles. The minimum Gasteiger partial charge on any atom is -0.743 e. The zero-order chi connectivity index (χ0) is 27.8. The molecule has 0 aromatic heterocycles. The summed E-state index contributed by atoms with van der Waals surface area (Å²) in [6.07, 6.45) is 0. The van der Waals surface area contributed by atoms with Gasteiger partial charge in [0.1, 0.15) is 0 Å². The van der Waals surface area contributed by atoms with Crippen molar-refractivity contribution in [3.8, 4) is 11.1 Å². The fourth-order valence-electron chi connectivity index (χ4n) is 3.18. The molecule has 0 bridgehead atoms. The minimum atomic E-state index is -5.88. The fraction of sp³-hybridized carbons (Fsp3) is 0.182. The second-order valence-corrected chi connectivity index (χ2v) is 13.4. The van der Waals surface area contributed by atoms with E-state index in [1.54, 1.807) is 30.3 Å². The van der Waals surface area contributed by atoms with Crippen LogP contribution in [-0.4, -0.2) is 21.4 Å². The van der Waals surface area contributed by atoms with Crippen molar-refractivity contribution in [2.24, 2.45) is 5.14 Å². The third-order valence-corrected chi connectivity index (χ3v) is 9.33. The van der Waals surface area contributed by atoms with Crippen molar-refractivity contribution >= 4 is 63.8 Å². The highest BCUT2D eigenvalue weighted by Gasteiger charge is 2.46. The van der Waals surface area contributed by atoms with E-state index in [2.05, 4.69) is 37.0 Å². The van der Waals surface area contributed by atoms with Gasteiger partial charge in [-0.3, -0.25) is 0 Å². The number of hydrogen-bond acceptors (Lipinski definition) is 6. The van der Waals surface area contributed by atoms with Gasteiger partial charge in [0.05, 0.1) is 5.56 Å². The minimum absolute atomic E-state index is 0.110. The summed E-state index contributed by atoms with van der Waals surface area (Å²) in [7, 11) is -11.1. The van der Waals surface area contributed by atoms with Crippen LogP contribution in [0.25, 0.3) is 11.1 Å². The third-order valence-electron chi connectivity index (χ3n) is 5.12. The predicted molar refractivity (Wildman–Crippen MR) is 139 cm³/mol. The number of hydrogen-bond donors (Lipinski definition) is 1. The van der Waals surface area contributed by atoms with Gasteiger partial charge < -0.3 is 4.55 Å². The molecule has 0 aliphatic rings. The molecule has 0 radical (unpaired) electrons. The second-order valence-electron chi connectivity index (χ2n) is 7.73. The number of benzene rings is 3. The Hall–Kier alpha value is -1.49. The van der Waals surface area contributed by atoms with Gasteiger partial charge in [-0.15, -0.1) is 0 Å². The first kappa shape index (κ1) is 30.1. The Morgan fingerprint density at radius 2 is 1.27 bits per heavy atom. The average Bonchev–Trinajstić information content (AvgIpc) is 2.78. The zero-order valence-corrected chi connectivity index (χ0v) is 23.9. The maximum atomic E-state index is 14.3. The summed E-state index contributed by atoms with van der Waals surface area (Å²) in [5.41, 5.74) is 0.652. The molecule has 0 heterocycles. The van der Waals surface area contributed by atoms with E-state index < -0.39 is 41.8 Å². The van der Waals surface area contributed by atoms with E-state index in [1.165, 1.54) is 30.0 Å². The van der Waals surface area contributed by atoms with Crippen LogP contribution in [0.15, 0.2) is 69.6 Å². The molecule has 0 amide bonds. The van der Waals surface area contributed by atoms with Crippen LogP contribution in [-0.2, 0) is 42.2 Å². The number of nitrogens with two attached hydrogens (primary N) is 1. The lowest BCUT2D eigenvalue weighted by molar-refractivity contribution is 0.0768. The maximum absolute atomic E-state index is 14.3. The molecule has 0 saturated heterocycles. The van der Waals surface area contributed by atoms with Crippen LogP contribution in [0.3, 0.4) is 0 Å². The summed E-state index contributed by atoms with van der Waals surface area (Å²) in [6.45, 7) is 0. The highest BCUT2D eigenvalue weighted by molar-refractivity contribution is 9.10. The number of halogens is 6. The standard InChI is InChI=1S/C22H17Br2F4NO5S3/c23-19-8-6-16(10-18(19)21(25,26)36(29,30)31)15-4-1-13(2-5-15)11-35-12-14-3-7-17(20(24)9-14)22(27,28)37(32,33)34/h1-10H,11-12H2,(H2,29,30,31)(H,32,33,34)/p-1. The van der Waals surface area contributed by atoms with Gasteiger partial charge in [0.2, 0.25) is 0 Å². The molecule has 0 aliphatic heterocycles. The van der Waals surface area contributed by atoms with E-state index >= 15 is 0 Å². The molecule has 0 fully saturated rings. The summed E-state index contributed by atoms with van der Waals surface area (Å²) in [5.74, 6) is 0.884. The van der Waals surface area contributed by atoms with Crippen molar-refractivity contribution in [3.05, 3.63) is 91.9 Å². The molecule has 0 atom stereocenters. The Morgan fingerprint density at radius 1 is 0.730 bits per heavy atom. The molecular formula is C22H16Br2F4NO5S3-. The molecule has 200 valence electrons. The van der Waals surface area contributed by atoms with Crippen LogP contribution >= 0.6 is 43.6 Å². The Bertz CT molecular complexity index is 1530. The SMILES string of the molecule is NS(=O)(=O)C(F)(F)c1cc(-c2ccc(CSCc3ccc(C(F)(F)S(=O)(=O)[O-])c(Br)c3)cc2)ccc1Br. The van der Waals surface area contributed by atoms with Gasteiger partial charge in [0.25, 0.3) is 10.0 Å². The van der Waals surface area contributed by atoms with Gasteiger partial charge in [-0.05, 0) is 40.5 Å². The monoisotopic (exact) mass is 704 g/mol. The van der Waals surface area contributed by atoms with Gasteiger partial charge in [0.15, 0.2) is 10.1 Å². The summed E-state index contributed by atoms with van der Waals surface area (Å²) in [5, 5.41) is -4.16. The van der Waals surface area contributed by atoms with E-state index in [-0.39, 0.29) is 8.95 Å². The van der Waals surface area contributed by atoms with Crippen molar-refractivity contribution in [1.29, 1.82) is 0 Å². The van der Waals surface area contributed by atoms with E-state index in [0.717, 1.165) is 17.7 Å². The topological polar surface area (TPSA) is 117 Å². The van der Waals surface area contributed by atoms with Crippen molar-refractivity contribution in [1.82, 2.24) is 0 Å². The number of rotatable bonds is 9. The molecular weight excluding hydrogens is 690 g/mol. The third kappa shape index (κ3) is 6.57. The van der Waals surface area contributed by atoms with Crippen LogP contribution < -0.4 is 5.14 Å². The first-order valence-corrected chi connectivity index (χ1v) is 15.6. The smallest absolute Gasteiger partial charge is 0.385 e. The number of sulfonamides is 1. The fourth-order valence-corrected chi connectivity index (χ4v) is 6.48. The molecule has 15 heteroatoms. The summed E-state index contributed by atoms with van der Waals surface area (Å²) < 4.78 is 111. The number of primary sulfonamides is 1. The van der Waals surface area contributed by atoms with Crippen LogP contribution in [0.2, 0.25) is 0 Å². The van der Waals surface area contributed by atoms with Crippen LogP contribution in [0, 0.1) is 0 Å². The first-order valence-electron chi connectivity index (χ1n) is 9.94. The van der Waals surface area contributed by atoms with Crippen molar-refractivity contribution < 1.29 is 39.0 Å². The van der Waals surface area contributed by atoms with Gasteiger partial charge in [-0.1, -0.05) is 74.3 Å². The molecule has 6 nitrogen and oxygen atoms in total. The molecule has 0 aliphatic carbocycles. The Labute approximate surface area is 231 Å². The maximum Gasteiger partial charge on any atom is 0.385 e. The summed E-state index contributed by atoms with van der Waals surface area (Å²) in [4.78, 5) is 0. The number of alkyl halides is 4. The molecule has 3 rings (SSSR count). The summed E-state index contributed by atoms with van der Waals surface area (Å²) >= 11 is 7.25. The molecule has 3 aromatic rings. The van der Waals surface area contributed by atoms with Crippen molar-refractivity contribution in [2.75, 3.05) is 0 Å². The van der Waals surface area contributed by atoms with E-state index in [1.807, 2.05) is 0 Å². The average molecular weight is 706 g/mol. The van der Waals surface area contributed by atoms with Crippen LogP contribution in [0.4, 0.5) is 17.6 Å². The lowest BCUT2D eigenvalue weighted by Crippen LogP contribution is -2.33. The van der Waals surface area contributed by atoms with E-state index in [4.69, 9.17) is 0 Å². The highest BCUT2D eigenvalue weighted by atomic mass is 79.9. The van der Waals surface area contributed by atoms with E-state index in [9.17, 15) is 39.0 Å². The molecule has 0 unspecified atom stereocenters. The van der Waals surface area contributed by atoms with Gasteiger partial charge in [-0.2, -0.15) is 29.3 Å². The summed E-state index contributed by atoms with van der Waals surface area (Å²) in [6, 6.07) is 14.2. The van der Waals surface area contributed by atoms with Crippen molar-refractivity contribution in [3.63, 3.8) is 0 Å². The predicted octanol–water partition coefficient (Wildman–Crippen LogP) is 6.24. The Morgan fingerprint density at radius 3 is 1.81 bits per heavy atom. The number of thioether (sulfide) groups is 1. The quantitative estimate of drug-likeness (QED) is 0.208. The van der Waals surface area contributed by atoms with Crippen LogP contribution in [0.1, 0.15) is 22.3 Å². The lowest BCUT2D eigenvalue weighted by Gasteiger charge is -2.21. The lowest BCUT2D eigenvalue weighted by atomic mass is 10.0. The van der Waals surface area contributed by atoms with E-state index in [0.29, 0.717) is 28.2 Å². The highest BCUT2D eigenvalue weighted by Crippen LogP contribution is 2.40. The van der Waals surface area contributed by atoms with Crippen molar-refractivity contribution in [2.45, 2.75) is 22.0 Å². The van der Waals surface area contributed by atoms with Gasteiger partial charge in [-0.25, -0.2) is 22.0 Å². The van der Waals surface area contributed by atoms with Gasteiger partial charge in [0, 0.05) is 26.0 Å².